The van der Waals surface area contributed by atoms with Gasteiger partial charge in [0, 0.05) is 35.0 Å². The lowest BCUT2D eigenvalue weighted by atomic mass is 10.1. The number of amides is 1. The fourth-order valence-corrected chi connectivity index (χ4v) is 4.02. The maximum absolute atomic E-state index is 12.4. The fraction of sp³-hybridized carbons (Fsp3) is 0.455. The zero-order valence-corrected chi connectivity index (χ0v) is 20.7. The van der Waals surface area contributed by atoms with Crippen molar-refractivity contribution in [2.75, 3.05) is 19.7 Å². The van der Waals surface area contributed by atoms with Crippen molar-refractivity contribution in [3.63, 3.8) is 0 Å². The lowest BCUT2D eigenvalue weighted by Crippen LogP contribution is -2.36. The molecular formula is C22H31IN4O2S. The molecule has 2 heterocycles. The summed E-state index contributed by atoms with van der Waals surface area (Å²) in [6, 6.07) is 11.9. The quantitative estimate of drug-likeness (QED) is 0.269. The highest BCUT2D eigenvalue weighted by atomic mass is 127. The van der Waals surface area contributed by atoms with Crippen LogP contribution in [0.5, 0.6) is 0 Å². The Hall–Kier alpha value is -1.65. The molecule has 30 heavy (non-hydrogen) atoms. The predicted octanol–water partition coefficient (Wildman–Crippen LogP) is 3.84. The molecule has 1 aromatic heterocycles. The smallest absolute Gasteiger partial charge is 0.251 e. The first-order valence-electron chi connectivity index (χ1n) is 10.2. The van der Waals surface area contributed by atoms with Crippen LogP contribution in [0, 0.1) is 6.92 Å². The second-order valence-corrected chi connectivity index (χ2v) is 8.48. The monoisotopic (exact) mass is 542 g/mol. The van der Waals surface area contributed by atoms with E-state index in [0.717, 1.165) is 44.1 Å². The van der Waals surface area contributed by atoms with Crippen LogP contribution in [0.4, 0.5) is 0 Å². The minimum Gasteiger partial charge on any atom is -0.376 e. The number of nitrogens with zero attached hydrogens (tertiary/aromatic N) is 1. The first kappa shape index (κ1) is 24.6. The number of carbonyl (C=O) groups is 1. The number of hydrogen-bond acceptors (Lipinski definition) is 4. The molecule has 1 unspecified atom stereocenters. The first-order valence-corrected chi connectivity index (χ1v) is 11.0. The molecule has 3 rings (SSSR count). The number of carbonyl (C=O) groups excluding carboxylic acids is 1. The first-order chi connectivity index (χ1) is 14.1. The van der Waals surface area contributed by atoms with Gasteiger partial charge < -0.3 is 20.7 Å². The Kier molecular flexibility index (Phi) is 10.6. The number of hydrogen-bond donors (Lipinski definition) is 3. The van der Waals surface area contributed by atoms with Crippen molar-refractivity contribution < 1.29 is 9.53 Å². The van der Waals surface area contributed by atoms with Crippen LogP contribution < -0.4 is 16.0 Å². The molecule has 0 saturated carbocycles. The van der Waals surface area contributed by atoms with Crippen molar-refractivity contribution in [3.05, 3.63) is 57.3 Å². The topological polar surface area (TPSA) is 74.8 Å². The molecule has 0 bridgehead atoms. The number of guanidine groups is 1. The Morgan fingerprint density at radius 3 is 2.80 bits per heavy atom. The zero-order chi connectivity index (χ0) is 20.5. The summed E-state index contributed by atoms with van der Waals surface area (Å²) in [6.07, 6.45) is 2.23. The second kappa shape index (κ2) is 12.9. The van der Waals surface area contributed by atoms with Crippen molar-refractivity contribution in [1.29, 1.82) is 0 Å². The number of ether oxygens (including phenoxy) is 1. The summed E-state index contributed by atoms with van der Waals surface area (Å²) in [5, 5.41) is 9.61. The summed E-state index contributed by atoms with van der Waals surface area (Å²) in [5.41, 5.74) is 1.65. The van der Waals surface area contributed by atoms with Gasteiger partial charge in [-0.15, -0.1) is 35.3 Å². The molecule has 0 aliphatic carbocycles. The molecule has 8 heteroatoms. The van der Waals surface area contributed by atoms with Crippen LogP contribution in [0.25, 0.3) is 0 Å². The van der Waals surface area contributed by atoms with Crippen LogP contribution in [0.3, 0.4) is 0 Å². The van der Waals surface area contributed by atoms with Gasteiger partial charge in [-0.1, -0.05) is 12.1 Å². The van der Waals surface area contributed by atoms with Crippen LogP contribution in [0.1, 0.15) is 45.4 Å². The van der Waals surface area contributed by atoms with Crippen molar-refractivity contribution in [3.8, 4) is 0 Å². The Morgan fingerprint density at radius 2 is 2.10 bits per heavy atom. The molecule has 164 valence electrons. The van der Waals surface area contributed by atoms with Gasteiger partial charge >= 0.3 is 0 Å². The summed E-state index contributed by atoms with van der Waals surface area (Å²) < 4.78 is 5.56. The predicted molar refractivity (Wildman–Crippen MR) is 134 cm³/mol. The zero-order valence-electron chi connectivity index (χ0n) is 17.6. The van der Waals surface area contributed by atoms with Crippen LogP contribution in [-0.4, -0.2) is 37.7 Å². The van der Waals surface area contributed by atoms with E-state index in [2.05, 4.69) is 40.0 Å². The Balaban J connectivity index is 0.00000320. The maximum atomic E-state index is 12.4. The Bertz CT molecular complexity index is 834. The number of rotatable bonds is 8. The molecule has 3 N–H and O–H groups in total. The molecule has 1 aliphatic rings. The minimum absolute atomic E-state index is 0. The van der Waals surface area contributed by atoms with E-state index in [1.54, 1.807) is 11.3 Å². The van der Waals surface area contributed by atoms with Gasteiger partial charge in [0.25, 0.3) is 5.91 Å². The van der Waals surface area contributed by atoms with Crippen molar-refractivity contribution in [2.24, 2.45) is 4.99 Å². The number of halogens is 1. The molecular weight excluding hydrogens is 511 g/mol. The van der Waals surface area contributed by atoms with Gasteiger partial charge in [-0.2, -0.15) is 0 Å². The van der Waals surface area contributed by atoms with Gasteiger partial charge in [-0.05, 0) is 56.5 Å². The van der Waals surface area contributed by atoms with Gasteiger partial charge in [-0.25, -0.2) is 4.99 Å². The molecule has 0 spiro atoms. The lowest BCUT2D eigenvalue weighted by Gasteiger charge is -2.12. The van der Waals surface area contributed by atoms with Crippen LogP contribution in [0.15, 0.2) is 41.4 Å². The molecule has 1 saturated heterocycles. The summed E-state index contributed by atoms with van der Waals surface area (Å²) in [5.74, 6) is 0.705. The molecule has 1 amide bonds. The SMILES string of the molecule is CCNC(=NCc1cccc(C(=O)NCC2CCCO2)c1)NCc1ccc(C)s1.I. The largest absolute Gasteiger partial charge is 0.376 e. The highest BCUT2D eigenvalue weighted by molar-refractivity contribution is 14.0. The van der Waals surface area contributed by atoms with Gasteiger partial charge in [0.15, 0.2) is 5.96 Å². The molecule has 2 aromatic rings. The van der Waals surface area contributed by atoms with Gasteiger partial charge in [0.1, 0.15) is 0 Å². The molecule has 1 aromatic carbocycles. The number of benzene rings is 1. The minimum atomic E-state index is -0.0653. The van der Waals surface area contributed by atoms with Crippen molar-refractivity contribution in [1.82, 2.24) is 16.0 Å². The molecule has 1 aliphatic heterocycles. The van der Waals surface area contributed by atoms with E-state index in [1.165, 1.54) is 9.75 Å². The van der Waals surface area contributed by atoms with E-state index in [1.807, 2.05) is 31.2 Å². The summed E-state index contributed by atoms with van der Waals surface area (Å²) in [6.45, 7) is 7.56. The Morgan fingerprint density at radius 1 is 1.23 bits per heavy atom. The number of nitrogens with one attached hydrogen (secondary N) is 3. The summed E-state index contributed by atoms with van der Waals surface area (Å²) in [4.78, 5) is 19.7. The van der Waals surface area contributed by atoms with Crippen LogP contribution in [-0.2, 0) is 17.8 Å². The van der Waals surface area contributed by atoms with Crippen LogP contribution >= 0.6 is 35.3 Å². The number of aliphatic imine (C=N–C) groups is 1. The molecule has 1 fully saturated rings. The standard InChI is InChI=1S/C22H30N4O2S.HI/c1-3-23-22(26-15-20-10-9-16(2)29-20)25-13-17-6-4-7-18(12-17)21(27)24-14-19-8-5-11-28-19;/h4,6-7,9-10,12,19H,3,5,8,11,13-15H2,1-2H3,(H,24,27)(H2,23,25,26);1H. The van der Waals surface area contributed by atoms with Gasteiger partial charge in [0.05, 0.1) is 19.2 Å². The summed E-state index contributed by atoms with van der Waals surface area (Å²) in [7, 11) is 0. The molecule has 0 radical (unpaired) electrons. The van der Waals surface area contributed by atoms with E-state index in [4.69, 9.17) is 4.74 Å². The maximum Gasteiger partial charge on any atom is 0.251 e. The van der Waals surface area contributed by atoms with E-state index >= 15 is 0 Å². The van der Waals surface area contributed by atoms with Crippen molar-refractivity contribution >= 4 is 47.2 Å². The third-order valence-corrected chi connectivity index (χ3v) is 5.69. The number of thiophene rings is 1. The van der Waals surface area contributed by atoms with Gasteiger partial charge in [-0.3, -0.25) is 4.79 Å². The second-order valence-electron chi connectivity index (χ2n) is 7.11. The van der Waals surface area contributed by atoms with E-state index in [9.17, 15) is 4.79 Å². The molecule has 6 nitrogen and oxygen atoms in total. The van der Waals surface area contributed by atoms with Crippen LogP contribution in [0.2, 0.25) is 0 Å². The average Bonchev–Trinajstić information content (AvgIpc) is 3.40. The van der Waals surface area contributed by atoms with E-state index in [-0.39, 0.29) is 36.0 Å². The van der Waals surface area contributed by atoms with Gasteiger partial charge in [0.2, 0.25) is 0 Å². The molecule has 1 atom stereocenters. The van der Waals surface area contributed by atoms with E-state index in [0.29, 0.717) is 18.7 Å². The third kappa shape index (κ3) is 7.88. The average molecular weight is 542 g/mol. The summed E-state index contributed by atoms with van der Waals surface area (Å²) >= 11 is 1.78. The third-order valence-electron chi connectivity index (χ3n) is 4.69. The van der Waals surface area contributed by atoms with Crippen molar-refractivity contribution in [2.45, 2.75) is 45.9 Å². The highest BCUT2D eigenvalue weighted by Gasteiger charge is 2.16. The highest BCUT2D eigenvalue weighted by Crippen LogP contribution is 2.14. The van der Waals surface area contributed by atoms with E-state index < -0.39 is 0 Å². The normalized spacial score (nSPS) is 16.1. The fourth-order valence-electron chi connectivity index (χ4n) is 3.19. The lowest BCUT2D eigenvalue weighted by molar-refractivity contribution is 0.0857. The Labute approximate surface area is 199 Å². The number of aryl methyl sites for hydroxylation is 1.